The van der Waals surface area contributed by atoms with Crippen LogP contribution in [0.15, 0.2) is 48.5 Å². The zero-order chi connectivity index (χ0) is 21.8. The van der Waals surface area contributed by atoms with Crippen LogP contribution in [-0.4, -0.2) is 61.4 Å². The summed E-state index contributed by atoms with van der Waals surface area (Å²) in [4.78, 5) is 16.8. The molecule has 0 saturated carbocycles. The van der Waals surface area contributed by atoms with Gasteiger partial charge in [0, 0.05) is 37.8 Å². The SMILES string of the molecule is COc1ccc(-c2cc(N3CCCN(C(=O)c4ccc(OC)c(F)c4)CC3)n[nH]2)cc1. The topological polar surface area (TPSA) is 70.7 Å². The van der Waals surface area contributed by atoms with Crippen molar-refractivity contribution in [3.63, 3.8) is 0 Å². The van der Waals surface area contributed by atoms with Crippen molar-refractivity contribution in [3.05, 3.63) is 59.9 Å². The monoisotopic (exact) mass is 424 g/mol. The Morgan fingerprint density at radius 1 is 1.00 bits per heavy atom. The van der Waals surface area contributed by atoms with Crippen LogP contribution in [0.1, 0.15) is 16.8 Å². The van der Waals surface area contributed by atoms with Gasteiger partial charge in [0.25, 0.3) is 5.91 Å². The first-order chi connectivity index (χ1) is 15.1. The lowest BCUT2D eigenvalue weighted by atomic mass is 10.1. The summed E-state index contributed by atoms with van der Waals surface area (Å²) in [7, 11) is 3.04. The van der Waals surface area contributed by atoms with Crippen LogP contribution < -0.4 is 14.4 Å². The summed E-state index contributed by atoms with van der Waals surface area (Å²) in [5, 5.41) is 7.55. The van der Waals surface area contributed by atoms with Crippen molar-refractivity contribution < 1.29 is 18.7 Å². The van der Waals surface area contributed by atoms with E-state index in [0.29, 0.717) is 25.2 Å². The maximum absolute atomic E-state index is 14.0. The molecule has 3 aromatic rings. The van der Waals surface area contributed by atoms with Crippen LogP contribution >= 0.6 is 0 Å². The number of hydrogen-bond donors (Lipinski definition) is 1. The van der Waals surface area contributed by atoms with Gasteiger partial charge in [-0.25, -0.2) is 4.39 Å². The summed E-state index contributed by atoms with van der Waals surface area (Å²) in [6.45, 7) is 2.58. The lowest BCUT2D eigenvalue weighted by Gasteiger charge is -2.22. The summed E-state index contributed by atoms with van der Waals surface area (Å²) in [5.74, 6) is 1.06. The van der Waals surface area contributed by atoms with E-state index in [1.54, 1.807) is 18.1 Å². The number of amides is 1. The van der Waals surface area contributed by atoms with E-state index in [0.717, 1.165) is 35.8 Å². The van der Waals surface area contributed by atoms with Gasteiger partial charge in [-0.1, -0.05) is 0 Å². The number of nitrogens with one attached hydrogen (secondary N) is 1. The predicted octanol–water partition coefficient (Wildman–Crippen LogP) is 3.59. The summed E-state index contributed by atoms with van der Waals surface area (Å²) in [5.41, 5.74) is 2.27. The highest BCUT2D eigenvalue weighted by atomic mass is 19.1. The lowest BCUT2D eigenvalue weighted by molar-refractivity contribution is 0.0766. The van der Waals surface area contributed by atoms with E-state index < -0.39 is 5.82 Å². The van der Waals surface area contributed by atoms with E-state index >= 15 is 0 Å². The van der Waals surface area contributed by atoms with Gasteiger partial charge < -0.3 is 19.3 Å². The van der Waals surface area contributed by atoms with Crippen LogP contribution in [0.3, 0.4) is 0 Å². The molecule has 0 aliphatic carbocycles. The van der Waals surface area contributed by atoms with Crippen LogP contribution in [0.5, 0.6) is 11.5 Å². The summed E-state index contributed by atoms with van der Waals surface area (Å²) >= 11 is 0. The summed E-state index contributed by atoms with van der Waals surface area (Å²) < 4.78 is 24.1. The third kappa shape index (κ3) is 4.47. The molecule has 0 atom stereocenters. The molecular weight excluding hydrogens is 399 g/mol. The van der Waals surface area contributed by atoms with Gasteiger partial charge in [-0.3, -0.25) is 9.89 Å². The van der Waals surface area contributed by atoms with Gasteiger partial charge in [-0.2, -0.15) is 5.10 Å². The van der Waals surface area contributed by atoms with Crippen molar-refractivity contribution >= 4 is 11.7 Å². The number of ether oxygens (including phenoxy) is 2. The Labute approximate surface area is 180 Å². The van der Waals surface area contributed by atoms with Gasteiger partial charge in [-0.15, -0.1) is 0 Å². The van der Waals surface area contributed by atoms with Crippen LogP contribution in [-0.2, 0) is 0 Å². The first kappa shape index (κ1) is 20.7. The molecule has 31 heavy (non-hydrogen) atoms. The van der Waals surface area contributed by atoms with E-state index in [1.807, 2.05) is 30.3 Å². The molecule has 2 aromatic carbocycles. The molecule has 7 nitrogen and oxygen atoms in total. The summed E-state index contributed by atoms with van der Waals surface area (Å²) in [6.07, 6.45) is 0.801. The average Bonchev–Trinajstić information content (AvgIpc) is 3.16. The maximum atomic E-state index is 14.0. The zero-order valence-electron chi connectivity index (χ0n) is 17.6. The average molecular weight is 424 g/mol. The molecule has 0 radical (unpaired) electrons. The number of methoxy groups -OCH3 is 2. The fraction of sp³-hybridized carbons (Fsp3) is 0.304. The van der Waals surface area contributed by atoms with Gasteiger partial charge in [0.2, 0.25) is 0 Å². The molecule has 0 spiro atoms. The number of aromatic amines is 1. The van der Waals surface area contributed by atoms with Crippen molar-refractivity contribution in [2.45, 2.75) is 6.42 Å². The van der Waals surface area contributed by atoms with Crippen molar-refractivity contribution in [1.29, 1.82) is 0 Å². The number of rotatable bonds is 5. The van der Waals surface area contributed by atoms with E-state index in [4.69, 9.17) is 9.47 Å². The van der Waals surface area contributed by atoms with E-state index in [2.05, 4.69) is 15.1 Å². The van der Waals surface area contributed by atoms with Gasteiger partial charge in [0.1, 0.15) is 5.75 Å². The van der Waals surface area contributed by atoms with Crippen LogP contribution in [0.2, 0.25) is 0 Å². The Bertz CT molecular complexity index is 1050. The molecule has 2 heterocycles. The Morgan fingerprint density at radius 2 is 1.81 bits per heavy atom. The molecule has 4 rings (SSSR count). The molecule has 162 valence electrons. The van der Waals surface area contributed by atoms with Crippen LogP contribution in [0, 0.1) is 5.82 Å². The van der Waals surface area contributed by atoms with Crippen LogP contribution in [0.4, 0.5) is 10.2 Å². The quantitative estimate of drug-likeness (QED) is 0.678. The predicted molar refractivity (Wildman–Crippen MR) is 116 cm³/mol. The second-order valence-electron chi connectivity index (χ2n) is 7.35. The van der Waals surface area contributed by atoms with Crippen molar-refractivity contribution in [2.75, 3.05) is 45.3 Å². The van der Waals surface area contributed by atoms with Gasteiger partial charge in [0.15, 0.2) is 17.4 Å². The first-order valence-electron chi connectivity index (χ1n) is 10.2. The Morgan fingerprint density at radius 3 is 2.52 bits per heavy atom. The lowest BCUT2D eigenvalue weighted by Crippen LogP contribution is -2.35. The Kier molecular flexibility index (Phi) is 6.06. The van der Waals surface area contributed by atoms with Crippen LogP contribution in [0.25, 0.3) is 11.3 Å². The maximum Gasteiger partial charge on any atom is 0.254 e. The molecule has 0 unspecified atom stereocenters. The molecule has 1 amide bonds. The van der Waals surface area contributed by atoms with Gasteiger partial charge >= 0.3 is 0 Å². The van der Waals surface area contributed by atoms with E-state index in [1.165, 1.54) is 19.2 Å². The number of anilines is 1. The minimum atomic E-state index is -0.535. The smallest absolute Gasteiger partial charge is 0.254 e. The molecule has 1 aliphatic rings. The molecule has 1 fully saturated rings. The molecule has 1 aromatic heterocycles. The van der Waals surface area contributed by atoms with Crippen molar-refractivity contribution in [2.24, 2.45) is 0 Å². The highest BCUT2D eigenvalue weighted by molar-refractivity contribution is 5.94. The standard InChI is InChI=1S/C23H25FN4O3/c1-30-18-7-4-16(5-8-18)20-15-22(26-25-20)27-10-3-11-28(13-12-27)23(29)17-6-9-21(31-2)19(24)14-17/h4-9,14-15H,3,10-13H2,1-2H3,(H,25,26). The highest BCUT2D eigenvalue weighted by Crippen LogP contribution is 2.25. The summed E-state index contributed by atoms with van der Waals surface area (Å²) in [6, 6.07) is 14.1. The molecule has 1 saturated heterocycles. The minimum Gasteiger partial charge on any atom is -0.497 e. The third-order valence-electron chi connectivity index (χ3n) is 5.47. The molecule has 1 aliphatic heterocycles. The molecule has 1 N–H and O–H groups in total. The fourth-order valence-electron chi connectivity index (χ4n) is 3.72. The molecule has 8 heteroatoms. The Hall–Kier alpha value is -3.55. The number of H-pyrrole nitrogens is 1. The van der Waals surface area contributed by atoms with Crippen molar-refractivity contribution in [1.82, 2.24) is 15.1 Å². The fourth-order valence-corrected chi connectivity index (χ4v) is 3.72. The van der Waals surface area contributed by atoms with E-state index in [9.17, 15) is 9.18 Å². The normalized spacial score (nSPS) is 14.3. The van der Waals surface area contributed by atoms with E-state index in [-0.39, 0.29) is 11.7 Å². The second-order valence-corrected chi connectivity index (χ2v) is 7.35. The number of hydrogen-bond acceptors (Lipinski definition) is 5. The Balaban J connectivity index is 1.42. The van der Waals surface area contributed by atoms with Crippen molar-refractivity contribution in [3.8, 4) is 22.8 Å². The third-order valence-corrected chi connectivity index (χ3v) is 5.47. The number of carbonyl (C=O) groups excluding carboxylic acids is 1. The second kappa shape index (κ2) is 9.07. The number of halogens is 1. The number of benzene rings is 2. The number of aromatic nitrogens is 2. The van der Waals surface area contributed by atoms with Gasteiger partial charge in [-0.05, 0) is 54.4 Å². The largest absolute Gasteiger partial charge is 0.497 e. The molecular formula is C23H25FN4O3. The number of nitrogens with zero attached hydrogens (tertiary/aromatic N) is 3. The minimum absolute atomic E-state index is 0.129. The first-order valence-corrected chi connectivity index (χ1v) is 10.2. The zero-order valence-corrected chi connectivity index (χ0v) is 17.6. The highest BCUT2D eigenvalue weighted by Gasteiger charge is 2.22. The van der Waals surface area contributed by atoms with Gasteiger partial charge in [0.05, 0.1) is 19.9 Å². The number of carbonyl (C=O) groups is 1. The molecule has 0 bridgehead atoms.